The van der Waals surface area contributed by atoms with E-state index < -0.39 is 0 Å². The summed E-state index contributed by atoms with van der Waals surface area (Å²) in [7, 11) is 0. The van der Waals surface area contributed by atoms with Gasteiger partial charge in [-0.3, -0.25) is 0 Å². The summed E-state index contributed by atoms with van der Waals surface area (Å²) in [6.45, 7) is 5.20. The van der Waals surface area contributed by atoms with Gasteiger partial charge in [-0.05, 0) is 6.42 Å². The predicted molar refractivity (Wildman–Crippen MR) is 30.3 cm³/mol. The van der Waals surface area contributed by atoms with Crippen molar-refractivity contribution in [3.63, 3.8) is 0 Å². The normalized spacial score (nSPS) is 19.7. The Kier molecular flexibility index (Phi) is 5.62. The average molecular weight is 122 g/mol. The molecule has 0 saturated carbocycles. The molecule has 0 radical (unpaired) electrons. The molecule has 1 aliphatic heterocycles. The van der Waals surface area contributed by atoms with Crippen LogP contribution in [0.25, 0.3) is 0 Å². The number of hydrogen-bond donors (Lipinski definition) is 0. The van der Waals surface area contributed by atoms with E-state index in [4.69, 9.17) is 9.47 Å². The molecular formula is C6H11LiO2. The molecule has 1 aliphatic rings. The minimum absolute atomic E-state index is 0. The predicted octanol–water partition coefficient (Wildman–Crippen LogP) is -2.02. The van der Waals surface area contributed by atoms with Gasteiger partial charge in [0.2, 0.25) is 0 Å². The maximum Gasteiger partial charge on any atom is 1.00 e. The molecule has 0 aliphatic carbocycles. The Morgan fingerprint density at radius 1 is 1.33 bits per heavy atom. The van der Waals surface area contributed by atoms with Crippen LogP contribution < -0.4 is 18.9 Å². The smallest absolute Gasteiger partial charge is 0.350 e. The third kappa shape index (κ3) is 3.27. The summed E-state index contributed by atoms with van der Waals surface area (Å²) in [4.78, 5) is 0. The summed E-state index contributed by atoms with van der Waals surface area (Å²) in [5, 5.41) is 0. The van der Waals surface area contributed by atoms with Crippen LogP contribution in [-0.4, -0.2) is 19.5 Å². The zero-order valence-corrected chi connectivity index (χ0v) is 5.93. The van der Waals surface area contributed by atoms with Crippen LogP contribution in [0.15, 0.2) is 0 Å². The van der Waals surface area contributed by atoms with Crippen molar-refractivity contribution in [2.45, 2.75) is 19.1 Å². The Labute approximate surface area is 68.1 Å². The number of rotatable bonds is 2. The van der Waals surface area contributed by atoms with Crippen molar-refractivity contribution >= 4 is 0 Å². The molecule has 0 aromatic rings. The third-order valence-corrected chi connectivity index (χ3v) is 1.13. The Morgan fingerprint density at radius 3 is 2.33 bits per heavy atom. The summed E-state index contributed by atoms with van der Waals surface area (Å²) in [6, 6.07) is 0. The molecule has 0 aromatic carbocycles. The zero-order chi connectivity index (χ0) is 5.82. The Morgan fingerprint density at radius 2 is 1.89 bits per heavy atom. The van der Waals surface area contributed by atoms with Crippen molar-refractivity contribution in [2.24, 2.45) is 0 Å². The molecule has 48 valence electrons. The fourth-order valence-electron chi connectivity index (χ4n) is 0.741. The van der Waals surface area contributed by atoms with Crippen LogP contribution in [0.2, 0.25) is 0 Å². The van der Waals surface area contributed by atoms with Gasteiger partial charge >= 0.3 is 18.9 Å². The summed E-state index contributed by atoms with van der Waals surface area (Å²) >= 11 is 0. The maximum atomic E-state index is 5.13. The standard InChI is InChI=1S/C6H11O2.Li/c1-2-3-6-7-4-5-8-6;/h6H,1-5H2;/q-1;+1. The molecule has 0 atom stereocenters. The second-order valence-corrected chi connectivity index (χ2v) is 1.81. The van der Waals surface area contributed by atoms with E-state index in [0.29, 0.717) is 0 Å². The van der Waals surface area contributed by atoms with Crippen LogP contribution in [0.1, 0.15) is 12.8 Å². The van der Waals surface area contributed by atoms with Gasteiger partial charge in [-0.1, -0.05) is 0 Å². The molecule has 1 rings (SSSR count). The van der Waals surface area contributed by atoms with E-state index in [9.17, 15) is 0 Å². The third-order valence-electron chi connectivity index (χ3n) is 1.13. The van der Waals surface area contributed by atoms with Crippen LogP contribution in [0.3, 0.4) is 0 Å². The first-order valence-electron chi connectivity index (χ1n) is 2.96. The Bertz CT molecular complexity index is 62.1. The molecule has 1 heterocycles. The molecule has 2 nitrogen and oxygen atoms in total. The van der Waals surface area contributed by atoms with Crippen LogP contribution >= 0.6 is 0 Å². The van der Waals surface area contributed by atoms with E-state index in [1.807, 2.05) is 0 Å². The van der Waals surface area contributed by atoms with Gasteiger partial charge in [0.15, 0.2) is 6.29 Å². The summed E-state index contributed by atoms with van der Waals surface area (Å²) in [5.74, 6) is 0. The van der Waals surface area contributed by atoms with Gasteiger partial charge in [0.05, 0.1) is 13.2 Å². The van der Waals surface area contributed by atoms with Crippen LogP contribution in [0.4, 0.5) is 0 Å². The summed E-state index contributed by atoms with van der Waals surface area (Å²) in [5.41, 5.74) is 0. The van der Waals surface area contributed by atoms with Crippen molar-refractivity contribution < 1.29 is 28.3 Å². The van der Waals surface area contributed by atoms with Crippen LogP contribution in [0, 0.1) is 6.92 Å². The van der Waals surface area contributed by atoms with Crippen molar-refractivity contribution in [1.29, 1.82) is 0 Å². The molecule has 0 unspecified atom stereocenters. The van der Waals surface area contributed by atoms with E-state index in [0.717, 1.165) is 26.1 Å². The van der Waals surface area contributed by atoms with Crippen LogP contribution in [0.5, 0.6) is 0 Å². The molecule has 0 spiro atoms. The van der Waals surface area contributed by atoms with E-state index in [1.54, 1.807) is 0 Å². The molecule has 0 bridgehead atoms. The second kappa shape index (κ2) is 5.31. The average Bonchev–Trinajstić information content (AvgIpc) is 2.19. The molecule has 9 heavy (non-hydrogen) atoms. The van der Waals surface area contributed by atoms with E-state index in [-0.39, 0.29) is 25.2 Å². The molecule has 3 heteroatoms. The first kappa shape index (κ1) is 9.52. The molecule has 0 aromatic heterocycles. The van der Waals surface area contributed by atoms with Crippen molar-refractivity contribution in [3.8, 4) is 0 Å². The monoisotopic (exact) mass is 122 g/mol. The minimum Gasteiger partial charge on any atom is -0.350 e. The van der Waals surface area contributed by atoms with E-state index >= 15 is 0 Å². The van der Waals surface area contributed by atoms with Gasteiger partial charge in [-0.2, -0.15) is 6.42 Å². The maximum absolute atomic E-state index is 5.13. The van der Waals surface area contributed by atoms with Gasteiger partial charge in [0.1, 0.15) is 0 Å². The topological polar surface area (TPSA) is 18.5 Å². The molecule has 0 N–H and O–H groups in total. The zero-order valence-electron chi connectivity index (χ0n) is 5.93. The van der Waals surface area contributed by atoms with Gasteiger partial charge in [-0.15, -0.1) is 0 Å². The number of hydrogen-bond acceptors (Lipinski definition) is 2. The first-order chi connectivity index (χ1) is 3.93. The largest absolute Gasteiger partial charge is 1.00 e. The van der Waals surface area contributed by atoms with E-state index in [2.05, 4.69) is 6.92 Å². The molecular weight excluding hydrogens is 111 g/mol. The van der Waals surface area contributed by atoms with Crippen molar-refractivity contribution in [1.82, 2.24) is 0 Å². The van der Waals surface area contributed by atoms with Gasteiger partial charge in [0.25, 0.3) is 0 Å². The summed E-state index contributed by atoms with van der Waals surface area (Å²) < 4.78 is 10.3. The second-order valence-electron chi connectivity index (χ2n) is 1.81. The Hall–Kier alpha value is 0.517. The van der Waals surface area contributed by atoms with Gasteiger partial charge in [0, 0.05) is 0 Å². The molecule has 1 saturated heterocycles. The quantitative estimate of drug-likeness (QED) is 0.311. The van der Waals surface area contributed by atoms with Crippen molar-refractivity contribution in [2.75, 3.05) is 13.2 Å². The number of ether oxygens (including phenoxy) is 2. The minimum atomic E-state index is 0. The van der Waals surface area contributed by atoms with Crippen molar-refractivity contribution in [3.05, 3.63) is 6.92 Å². The van der Waals surface area contributed by atoms with Gasteiger partial charge < -0.3 is 16.4 Å². The molecule has 1 fully saturated rings. The first-order valence-corrected chi connectivity index (χ1v) is 2.96. The Balaban J connectivity index is 0.000000640. The fraction of sp³-hybridized carbons (Fsp3) is 0.833. The molecule has 0 amide bonds. The fourth-order valence-corrected chi connectivity index (χ4v) is 0.741. The van der Waals surface area contributed by atoms with Gasteiger partial charge in [-0.25, -0.2) is 0 Å². The van der Waals surface area contributed by atoms with E-state index in [1.165, 1.54) is 0 Å². The SMILES string of the molecule is [CH2-]CCC1OCCO1.[Li+]. The van der Waals surface area contributed by atoms with Crippen LogP contribution in [-0.2, 0) is 9.47 Å². The summed E-state index contributed by atoms with van der Waals surface area (Å²) in [6.07, 6.45) is 1.87.